The van der Waals surface area contributed by atoms with Crippen LogP contribution in [0.2, 0.25) is 0 Å². The number of urea groups is 2. The van der Waals surface area contributed by atoms with Gasteiger partial charge in [-0.15, -0.1) is 8.57 Å². The van der Waals surface area contributed by atoms with Gasteiger partial charge in [0.2, 0.25) is 0 Å². The predicted molar refractivity (Wildman–Crippen MR) is 133 cm³/mol. The van der Waals surface area contributed by atoms with E-state index in [4.69, 9.17) is 18.8 Å². The van der Waals surface area contributed by atoms with Crippen molar-refractivity contribution in [3.8, 4) is 0 Å². The van der Waals surface area contributed by atoms with Crippen LogP contribution in [0.3, 0.4) is 0 Å². The van der Waals surface area contributed by atoms with E-state index < -0.39 is 60.0 Å². The second-order valence-corrected chi connectivity index (χ2v) is 10.9. The van der Waals surface area contributed by atoms with Gasteiger partial charge in [-0.2, -0.15) is 28.7 Å². The number of hydrogen-bond acceptors (Lipinski definition) is 12. The molecule has 0 aliphatic carbocycles. The number of hydroxylamine groups is 4. The van der Waals surface area contributed by atoms with Gasteiger partial charge in [-0.05, 0) is 24.3 Å². The van der Waals surface area contributed by atoms with Crippen LogP contribution in [-0.2, 0) is 19.0 Å². The van der Waals surface area contributed by atoms with E-state index >= 15 is 0 Å². The van der Waals surface area contributed by atoms with Gasteiger partial charge in [0.1, 0.15) is 24.3 Å². The Morgan fingerprint density at radius 2 is 1.22 bits per heavy atom. The van der Waals surface area contributed by atoms with Crippen molar-refractivity contribution in [2.24, 2.45) is 0 Å². The molecule has 2 aromatic heterocycles. The summed E-state index contributed by atoms with van der Waals surface area (Å²) in [5.74, 6) is 0. The lowest BCUT2D eigenvalue weighted by Gasteiger charge is -2.22. The highest BCUT2D eigenvalue weighted by Gasteiger charge is 2.47. The van der Waals surface area contributed by atoms with E-state index in [1.165, 1.54) is 43.7 Å². The molecule has 6 heterocycles. The Bertz CT molecular complexity index is 1430. The Kier molecular flexibility index (Phi) is 6.80. The van der Waals surface area contributed by atoms with Crippen molar-refractivity contribution in [3.05, 3.63) is 48.1 Å². The molecule has 18 nitrogen and oxygen atoms in total. The molecule has 4 amide bonds. The molecular formula is C22H26N8O10S. The average molecular weight is 595 g/mol. The molecular weight excluding hydrogens is 568 g/mol. The molecule has 2 aromatic rings. The fourth-order valence-electron chi connectivity index (χ4n) is 4.99. The van der Waals surface area contributed by atoms with Crippen LogP contribution in [-0.4, -0.2) is 132 Å². The zero-order chi connectivity index (χ0) is 29.1. The first-order valence-electron chi connectivity index (χ1n) is 12.5. The van der Waals surface area contributed by atoms with Crippen LogP contribution < -0.4 is 0 Å². The van der Waals surface area contributed by atoms with E-state index in [9.17, 15) is 28.2 Å². The molecule has 220 valence electrons. The third-order valence-corrected chi connectivity index (χ3v) is 7.68. The molecule has 4 bridgehead atoms. The molecule has 4 aliphatic heterocycles. The van der Waals surface area contributed by atoms with Crippen molar-refractivity contribution in [1.29, 1.82) is 0 Å². The standard InChI is InChI=1S/C22H26N8O10S/c31-11-19(33)17-1-3-27(23-17)13-5-15-9-25(7-13)21(35)29(15)39-41(37,38)40-30-16-6-14(8-26(10-16)22(30)36)28-4-2-18(24-28)20(34)12-32/h1-6,15-16,19-20,31-34H,7-12H2/t15?,16?,19-,20-/m1/s1. The fourth-order valence-corrected chi connectivity index (χ4v) is 5.75. The molecule has 2 fully saturated rings. The number of rotatable bonds is 10. The fraction of sp³-hybridized carbons (Fsp3) is 0.455. The minimum atomic E-state index is -4.95. The van der Waals surface area contributed by atoms with Gasteiger partial charge in [-0.3, -0.25) is 0 Å². The maximum atomic E-state index is 12.9. The second-order valence-electron chi connectivity index (χ2n) is 9.75. The number of aliphatic hydroxyl groups excluding tert-OH is 4. The SMILES string of the molecule is O=C1N2CC(n3ccc([C@H](O)CO)n3)=CC(C2)N1OS(=O)(=O)ON1C(=O)N2CC(n3ccc([C@H](O)CO)n3)=CC1C2. The zero-order valence-corrected chi connectivity index (χ0v) is 22.1. The summed E-state index contributed by atoms with van der Waals surface area (Å²) in [7, 11) is -4.95. The highest BCUT2D eigenvalue weighted by atomic mass is 32.3. The number of carbonyl (C=O) groups excluding carboxylic acids is 2. The molecule has 19 heteroatoms. The van der Waals surface area contributed by atoms with Crippen LogP contribution in [0, 0.1) is 0 Å². The summed E-state index contributed by atoms with van der Waals surface area (Å²) in [6.45, 7) is -0.618. The van der Waals surface area contributed by atoms with Gasteiger partial charge >= 0.3 is 22.5 Å². The summed E-state index contributed by atoms with van der Waals surface area (Å²) in [6, 6.07) is -0.129. The van der Waals surface area contributed by atoms with Crippen LogP contribution in [0.25, 0.3) is 11.4 Å². The maximum Gasteiger partial charge on any atom is 0.442 e. The Labute approximate surface area is 232 Å². The normalized spacial score (nSPS) is 23.8. The Hall–Kier alpha value is -3.85. The number of fused-ring (bicyclic) bond motifs is 4. The van der Waals surface area contributed by atoms with E-state index in [0.29, 0.717) is 21.5 Å². The average Bonchev–Trinajstić information content (AvgIpc) is 3.74. The number of aliphatic hydroxyl groups is 4. The molecule has 6 rings (SSSR count). The molecule has 41 heavy (non-hydrogen) atoms. The molecule has 2 unspecified atom stereocenters. The Morgan fingerprint density at radius 3 is 1.61 bits per heavy atom. The lowest BCUT2D eigenvalue weighted by atomic mass is 10.2. The monoisotopic (exact) mass is 594 g/mol. The van der Waals surface area contributed by atoms with Crippen molar-refractivity contribution in [2.45, 2.75) is 24.3 Å². The van der Waals surface area contributed by atoms with E-state index in [-0.39, 0.29) is 37.6 Å². The largest absolute Gasteiger partial charge is 0.442 e. The number of amides is 4. The van der Waals surface area contributed by atoms with Gasteiger partial charge in [-0.25, -0.2) is 19.0 Å². The predicted octanol–water partition coefficient (Wildman–Crippen LogP) is -2.14. The van der Waals surface area contributed by atoms with Gasteiger partial charge in [0, 0.05) is 25.5 Å². The number of carbonyl (C=O) groups is 2. The Morgan fingerprint density at radius 1 is 0.805 bits per heavy atom. The number of nitrogens with zero attached hydrogens (tertiary/aromatic N) is 8. The van der Waals surface area contributed by atoms with Gasteiger partial charge in [0.05, 0.1) is 49.1 Å². The van der Waals surface area contributed by atoms with Crippen molar-refractivity contribution in [3.63, 3.8) is 0 Å². The van der Waals surface area contributed by atoms with Gasteiger partial charge in [0.25, 0.3) is 0 Å². The van der Waals surface area contributed by atoms with Crippen LogP contribution in [0.4, 0.5) is 9.59 Å². The van der Waals surface area contributed by atoms with Gasteiger partial charge < -0.3 is 30.2 Å². The highest BCUT2D eigenvalue weighted by molar-refractivity contribution is 7.81. The molecule has 4 atom stereocenters. The van der Waals surface area contributed by atoms with E-state index in [1.807, 2.05) is 0 Å². The molecule has 0 spiro atoms. The second kappa shape index (κ2) is 10.2. The van der Waals surface area contributed by atoms with Crippen molar-refractivity contribution in [1.82, 2.24) is 39.5 Å². The first-order valence-corrected chi connectivity index (χ1v) is 13.8. The molecule has 4 aliphatic rings. The maximum absolute atomic E-state index is 12.9. The lowest BCUT2D eigenvalue weighted by molar-refractivity contribution is -0.0723. The lowest BCUT2D eigenvalue weighted by Crippen LogP contribution is -2.40. The Balaban J connectivity index is 1.16. The molecule has 2 saturated heterocycles. The summed E-state index contributed by atoms with van der Waals surface area (Å²) in [6.07, 6.45) is 3.89. The summed E-state index contributed by atoms with van der Waals surface area (Å²) >= 11 is 0. The van der Waals surface area contributed by atoms with Crippen molar-refractivity contribution < 1.29 is 47.0 Å². The molecule has 0 radical (unpaired) electrons. The van der Waals surface area contributed by atoms with Crippen LogP contribution in [0.1, 0.15) is 23.6 Å². The van der Waals surface area contributed by atoms with Crippen molar-refractivity contribution >= 4 is 33.9 Å². The molecule has 0 saturated carbocycles. The first kappa shape index (κ1) is 27.3. The van der Waals surface area contributed by atoms with Gasteiger partial charge in [-0.1, -0.05) is 0 Å². The first-order chi connectivity index (χ1) is 19.6. The summed E-state index contributed by atoms with van der Waals surface area (Å²) in [5.41, 5.74) is 1.47. The van der Waals surface area contributed by atoms with E-state index in [1.54, 1.807) is 12.2 Å². The third kappa shape index (κ3) is 4.96. The van der Waals surface area contributed by atoms with E-state index in [0.717, 1.165) is 0 Å². The van der Waals surface area contributed by atoms with Crippen LogP contribution in [0.5, 0.6) is 0 Å². The summed E-state index contributed by atoms with van der Waals surface area (Å²) in [5, 5.41) is 47.5. The van der Waals surface area contributed by atoms with Crippen LogP contribution in [0.15, 0.2) is 36.7 Å². The summed E-state index contributed by atoms with van der Waals surface area (Å²) < 4.78 is 38.6. The minimum Gasteiger partial charge on any atom is -0.393 e. The molecule has 0 aromatic carbocycles. The topological polar surface area (TPSA) is 216 Å². The highest BCUT2D eigenvalue weighted by Crippen LogP contribution is 2.31. The van der Waals surface area contributed by atoms with Gasteiger partial charge in [0.15, 0.2) is 0 Å². The number of aromatic nitrogens is 4. The zero-order valence-electron chi connectivity index (χ0n) is 21.2. The quantitative estimate of drug-likeness (QED) is 0.232. The minimum absolute atomic E-state index is 0.0755. The third-order valence-electron chi connectivity index (χ3n) is 6.99. The van der Waals surface area contributed by atoms with Crippen molar-refractivity contribution in [2.75, 3.05) is 39.4 Å². The smallest absolute Gasteiger partial charge is 0.393 e. The number of hydrogen-bond donors (Lipinski definition) is 4. The van der Waals surface area contributed by atoms with E-state index in [2.05, 4.69) is 10.2 Å². The van der Waals surface area contributed by atoms with Crippen LogP contribution >= 0.6 is 0 Å². The molecule has 4 N–H and O–H groups in total. The summed E-state index contributed by atoms with van der Waals surface area (Å²) in [4.78, 5) is 28.4.